The topological polar surface area (TPSA) is 35.1 Å². The van der Waals surface area contributed by atoms with Crippen molar-refractivity contribution in [2.24, 2.45) is 0 Å². The summed E-state index contributed by atoms with van der Waals surface area (Å²) in [4.78, 5) is 2.16. The zero-order chi connectivity index (χ0) is 16.8. The standard InChI is InChI=1S/C19H18ClN3O/c1-21(2)9-10-22-17-6-4-3-5-14(17)16-12-23(24)18-11-13(20)7-8-15(18)19(16)22/h3-8,11-12H,9-10H2,1-2H3. The molecule has 4 nitrogen and oxygen atoms in total. The van der Waals surface area contributed by atoms with Gasteiger partial charge in [-0.3, -0.25) is 0 Å². The van der Waals surface area contributed by atoms with Gasteiger partial charge in [-0.05, 0) is 32.3 Å². The number of aromatic nitrogens is 2. The average molecular weight is 340 g/mol. The van der Waals surface area contributed by atoms with Crippen LogP contribution in [0.3, 0.4) is 0 Å². The van der Waals surface area contributed by atoms with Crippen molar-refractivity contribution in [3.63, 3.8) is 0 Å². The first-order valence-electron chi connectivity index (χ1n) is 7.93. The highest BCUT2D eigenvalue weighted by Gasteiger charge is 2.18. The summed E-state index contributed by atoms with van der Waals surface area (Å²) in [7, 11) is 4.13. The summed E-state index contributed by atoms with van der Waals surface area (Å²) in [6.07, 6.45) is 1.67. The second kappa shape index (κ2) is 5.65. The Kier molecular flexibility index (Phi) is 3.59. The van der Waals surface area contributed by atoms with Gasteiger partial charge in [-0.15, -0.1) is 0 Å². The molecule has 24 heavy (non-hydrogen) atoms. The first-order chi connectivity index (χ1) is 11.6. The molecule has 0 amide bonds. The van der Waals surface area contributed by atoms with Crippen molar-refractivity contribution in [1.82, 2.24) is 9.47 Å². The van der Waals surface area contributed by atoms with Crippen molar-refractivity contribution in [3.8, 4) is 0 Å². The third kappa shape index (κ3) is 2.30. The smallest absolute Gasteiger partial charge is 0.227 e. The van der Waals surface area contributed by atoms with Crippen molar-refractivity contribution >= 4 is 44.3 Å². The van der Waals surface area contributed by atoms with E-state index in [2.05, 4.69) is 35.7 Å². The number of likely N-dealkylation sites (N-methyl/N-ethyl adjacent to an activating group) is 1. The highest BCUT2D eigenvalue weighted by Crippen LogP contribution is 2.33. The Balaban J connectivity index is 2.16. The zero-order valence-corrected chi connectivity index (χ0v) is 14.4. The molecule has 2 aromatic carbocycles. The molecule has 0 bridgehead atoms. The molecule has 0 aliphatic heterocycles. The lowest BCUT2D eigenvalue weighted by Gasteiger charge is -2.13. The lowest BCUT2D eigenvalue weighted by Crippen LogP contribution is -2.26. The van der Waals surface area contributed by atoms with Gasteiger partial charge >= 0.3 is 0 Å². The van der Waals surface area contributed by atoms with Crippen LogP contribution < -0.4 is 4.73 Å². The van der Waals surface area contributed by atoms with Crippen LogP contribution in [0, 0.1) is 5.21 Å². The van der Waals surface area contributed by atoms with Gasteiger partial charge in [0, 0.05) is 35.1 Å². The second-order valence-electron chi connectivity index (χ2n) is 6.35. The van der Waals surface area contributed by atoms with Gasteiger partial charge in [0.25, 0.3) is 0 Å². The zero-order valence-electron chi connectivity index (χ0n) is 13.7. The summed E-state index contributed by atoms with van der Waals surface area (Å²) in [5, 5.41) is 16.1. The van der Waals surface area contributed by atoms with Gasteiger partial charge in [0.15, 0.2) is 6.20 Å². The van der Waals surface area contributed by atoms with E-state index in [9.17, 15) is 5.21 Å². The fourth-order valence-corrected chi connectivity index (χ4v) is 3.52. The molecular formula is C19H18ClN3O. The molecule has 4 aromatic rings. The number of nitrogens with zero attached hydrogens (tertiary/aromatic N) is 3. The average Bonchev–Trinajstić information content (AvgIpc) is 2.87. The molecule has 2 heterocycles. The number of pyridine rings is 1. The van der Waals surface area contributed by atoms with E-state index >= 15 is 0 Å². The van der Waals surface area contributed by atoms with E-state index in [-0.39, 0.29) is 0 Å². The number of hydrogen-bond donors (Lipinski definition) is 0. The molecule has 0 fully saturated rings. The van der Waals surface area contributed by atoms with Crippen LogP contribution in [0.1, 0.15) is 0 Å². The van der Waals surface area contributed by atoms with E-state index in [1.807, 2.05) is 24.3 Å². The molecule has 0 radical (unpaired) electrons. The summed E-state index contributed by atoms with van der Waals surface area (Å²) in [6, 6.07) is 13.8. The van der Waals surface area contributed by atoms with E-state index < -0.39 is 0 Å². The Morgan fingerprint density at radius 2 is 1.88 bits per heavy atom. The van der Waals surface area contributed by atoms with Crippen LogP contribution in [0.2, 0.25) is 5.02 Å². The fraction of sp³-hybridized carbons (Fsp3) is 0.211. The van der Waals surface area contributed by atoms with Crippen LogP contribution in [-0.2, 0) is 6.54 Å². The number of hydrogen-bond acceptors (Lipinski definition) is 2. The van der Waals surface area contributed by atoms with Gasteiger partial charge in [-0.25, -0.2) is 0 Å². The van der Waals surface area contributed by atoms with E-state index in [4.69, 9.17) is 11.6 Å². The molecule has 2 aromatic heterocycles. The van der Waals surface area contributed by atoms with Gasteiger partial charge in [0.1, 0.15) is 0 Å². The lowest BCUT2D eigenvalue weighted by molar-refractivity contribution is -0.575. The minimum Gasteiger partial charge on any atom is -0.618 e. The minimum absolute atomic E-state index is 0.572. The van der Waals surface area contributed by atoms with Crippen molar-refractivity contribution in [1.29, 1.82) is 0 Å². The highest BCUT2D eigenvalue weighted by molar-refractivity contribution is 6.31. The Morgan fingerprint density at radius 1 is 1.08 bits per heavy atom. The summed E-state index contributed by atoms with van der Waals surface area (Å²) in [5.74, 6) is 0. The van der Waals surface area contributed by atoms with Gasteiger partial charge in [0.2, 0.25) is 5.52 Å². The van der Waals surface area contributed by atoms with E-state index in [1.165, 1.54) is 0 Å². The van der Waals surface area contributed by atoms with E-state index in [0.717, 1.165) is 45.0 Å². The number of fused-ring (bicyclic) bond motifs is 5. The molecule has 0 aliphatic carbocycles. The van der Waals surface area contributed by atoms with Crippen molar-refractivity contribution in [2.45, 2.75) is 6.54 Å². The summed E-state index contributed by atoms with van der Waals surface area (Å²) in [5.41, 5.74) is 2.84. The normalized spacial score (nSPS) is 12.0. The summed E-state index contributed by atoms with van der Waals surface area (Å²) in [6.45, 7) is 1.78. The molecule has 5 heteroatoms. The SMILES string of the molecule is CN(C)CCn1c2ccccc2c2c[n+]([O-])c3cc(Cl)ccc3c21. The first kappa shape index (κ1) is 15.2. The van der Waals surface area contributed by atoms with Gasteiger partial charge in [-0.2, -0.15) is 4.73 Å². The Morgan fingerprint density at radius 3 is 2.67 bits per heavy atom. The third-order valence-corrected chi connectivity index (χ3v) is 4.71. The molecule has 0 unspecified atom stereocenters. The Labute approximate surface area is 145 Å². The van der Waals surface area contributed by atoms with Crippen LogP contribution in [0.25, 0.3) is 32.7 Å². The highest BCUT2D eigenvalue weighted by atomic mass is 35.5. The van der Waals surface area contributed by atoms with Crippen molar-refractivity contribution in [3.05, 3.63) is 58.9 Å². The monoisotopic (exact) mass is 339 g/mol. The summed E-state index contributed by atoms with van der Waals surface area (Å²) < 4.78 is 3.23. The fourth-order valence-electron chi connectivity index (χ4n) is 3.36. The molecule has 4 rings (SSSR count). The van der Waals surface area contributed by atoms with Crippen LogP contribution >= 0.6 is 11.6 Å². The third-order valence-electron chi connectivity index (χ3n) is 4.48. The van der Waals surface area contributed by atoms with Crippen LogP contribution in [-0.4, -0.2) is 30.1 Å². The maximum atomic E-state index is 12.5. The molecular weight excluding hydrogens is 322 g/mol. The predicted octanol–water partition coefficient (Wildman–Crippen LogP) is 3.80. The van der Waals surface area contributed by atoms with E-state index in [0.29, 0.717) is 10.5 Å². The molecule has 0 atom stereocenters. The van der Waals surface area contributed by atoms with Gasteiger partial charge in [-0.1, -0.05) is 29.8 Å². The molecule has 0 spiro atoms. The molecule has 0 N–H and O–H groups in total. The lowest BCUT2D eigenvalue weighted by atomic mass is 10.1. The largest absolute Gasteiger partial charge is 0.618 e. The van der Waals surface area contributed by atoms with Crippen molar-refractivity contribution in [2.75, 3.05) is 20.6 Å². The van der Waals surface area contributed by atoms with Crippen molar-refractivity contribution < 1.29 is 4.73 Å². The van der Waals surface area contributed by atoms with Gasteiger partial charge in [0.05, 0.1) is 16.3 Å². The number of halogens is 1. The molecule has 0 saturated carbocycles. The van der Waals surface area contributed by atoms with Crippen LogP contribution in [0.4, 0.5) is 0 Å². The summed E-state index contributed by atoms with van der Waals surface area (Å²) >= 11 is 6.10. The Hall–Kier alpha value is -2.30. The number of para-hydroxylation sites is 1. The second-order valence-corrected chi connectivity index (χ2v) is 6.79. The molecule has 0 aliphatic rings. The van der Waals surface area contributed by atoms with Crippen LogP contribution in [0.5, 0.6) is 0 Å². The first-order valence-corrected chi connectivity index (χ1v) is 8.31. The number of rotatable bonds is 3. The molecule has 122 valence electrons. The van der Waals surface area contributed by atoms with Gasteiger partial charge < -0.3 is 14.7 Å². The maximum Gasteiger partial charge on any atom is 0.227 e. The molecule has 0 saturated heterocycles. The quantitative estimate of drug-likeness (QED) is 0.420. The Bertz CT molecular complexity index is 1070. The number of benzene rings is 2. The van der Waals surface area contributed by atoms with Crippen LogP contribution in [0.15, 0.2) is 48.7 Å². The predicted molar refractivity (Wildman–Crippen MR) is 99.5 cm³/mol. The van der Waals surface area contributed by atoms with E-state index in [1.54, 1.807) is 12.3 Å². The maximum absolute atomic E-state index is 12.5. The minimum atomic E-state index is 0.572.